The summed E-state index contributed by atoms with van der Waals surface area (Å²) >= 11 is 0. The third-order valence-electron chi connectivity index (χ3n) is 2.84. The Morgan fingerprint density at radius 3 is 2.59 bits per heavy atom. The molecule has 5 heteroatoms. The minimum atomic E-state index is 0.0709. The van der Waals surface area contributed by atoms with Crippen molar-refractivity contribution in [2.75, 3.05) is 33.2 Å². The second kappa shape index (κ2) is 6.58. The van der Waals surface area contributed by atoms with E-state index in [2.05, 4.69) is 4.90 Å². The van der Waals surface area contributed by atoms with Crippen LogP contribution in [0.25, 0.3) is 0 Å². The highest BCUT2D eigenvalue weighted by atomic mass is 16.5. The van der Waals surface area contributed by atoms with Gasteiger partial charge in [-0.2, -0.15) is 5.26 Å². The second-order valence-electron chi connectivity index (χ2n) is 4.67. The number of nitrogens with zero attached hydrogens (tertiary/aromatic N) is 3. The summed E-state index contributed by atoms with van der Waals surface area (Å²) in [6.45, 7) is 6.55. The van der Waals surface area contributed by atoms with E-state index in [1.807, 2.05) is 19.9 Å². The van der Waals surface area contributed by atoms with Crippen LogP contribution in [0.2, 0.25) is 0 Å². The lowest BCUT2D eigenvalue weighted by Gasteiger charge is -2.35. The summed E-state index contributed by atoms with van der Waals surface area (Å²) in [6, 6.07) is 2.04. The number of rotatable bonds is 4. The fraction of sp³-hybridized carbons (Fsp3) is 0.833. The van der Waals surface area contributed by atoms with Gasteiger partial charge in [-0.15, -0.1) is 0 Å². The molecule has 1 fully saturated rings. The average Bonchev–Trinajstić information content (AvgIpc) is 2.24. The van der Waals surface area contributed by atoms with Crippen molar-refractivity contribution >= 4 is 5.91 Å². The maximum Gasteiger partial charge on any atom is 0.236 e. The molecule has 5 nitrogen and oxygen atoms in total. The van der Waals surface area contributed by atoms with Crippen molar-refractivity contribution in [3.63, 3.8) is 0 Å². The van der Waals surface area contributed by atoms with E-state index in [-0.39, 0.29) is 18.1 Å². The molecule has 1 amide bonds. The first-order chi connectivity index (χ1) is 8.02. The zero-order valence-electron chi connectivity index (χ0n) is 10.8. The second-order valence-corrected chi connectivity index (χ2v) is 4.67. The molecule has 0 saturated carbocycles. The molecule has 1 aliphatic heterocycles. The highest BCUT2D eigenvalue weighted by Crippen LogP contribution is 2.10. The summed E-state index contributed by atoms with van der Waals surface area (Å²) in [5.41, 5.74) is 0. The largest absolute Gasteiger partial charge is 0.373 e. The lowest BCUT2D eigenvalue weighted by Crippen LogP contribution is -2.49. The third kappa shape index (κ3) is 4.72. The fourth-order valence-electron chi connectivity index (χ4n) is 2.07. The molecule has 1 aliphatic rings. The van der Waals surface area contributed by atoms with Gasteiger partial charge in [0.05, 0.1) is 31.2 Å². The van der Waals surface area contributed by atoms with E-state index in [0.29, 0.717) is 19.5 Å². The zero-order valence-corrected chi connectivity index (χ0v) is 10.8. The Hall–Kier alpha value is -1.12. The van der Waals surface area contributed by atoms with Gasteiger partial charge in [0.1, 0.15) is 0 Å². The van der Waals surface area contributed by atoms with Gasteiger partial charge in [-0.05, 0) is 13.8 Å². The predicted molar refractivity (Wildman–Crippen MR) is 64.3 cm³/mol. The van der Waals surface area contributed by atoms with Gasteiger partial charge in [0.2, 0.25) is 5.91 Å². The van der Waals surface area contributed by atoms with Gasteiger partial charge in [0, 0.05) is 26.7 Å². The van der Waals surface area contributed by atoms with Crippen LogP contribution in [0.3, 0.4) is 0 Å². The summed E-state index contributed by atoms with van der Waals surface area (Å²) < 4.78 is 5.61. The molecule has 0 unspecified atom stereocenters. The van der Waals surface area contributed by atoms with Crippen LogP contribution in [0.5, 0.6) is 0 Å². The summed E-state index contributed by atoms with van der Waals surface area (Å²) in [4.78, 5) is 15.6. The molecular weight excluding hydrogens is 218 g/mol. The van der Waals surface area contributed by atoms with E-state index in [0.717, 1.165) is 13.1 Å². The lowest BCUT2D eigenvalue weighted by molar-refractivity contribution is -0.134. The number of morpholine rings is 1. The average molecular weight is 239 g/mol. The molecule has 0 aromatic carbocycles. The van der Waals surface area contributed by atoms with Gasteiger partial charge >= 0.3 is 0 Å². The minimum Gasteiger partial charge on any atom is -0.373 e. The van der Waals surface area contributed by atoms with Crippen molar-refractivity contribution in [3.8, 4) is 6.07 Å². The first kappa shape index (κ1) is 13.9. The summed E-state index contributed by atoms with van der Waals surface area (Å²) in [5, 5.41) is 8.47. The Labute approximate surface area is 103 Å². The van der Waals surface area contributed by atoms with E-state index in [1.165, 1.54) is 0 Å². The summed E-state index contributed by atoms with van der Waals surface area (Å²) in [6.07, 6.45) is 0.741. The normalized spacial score (nSPS) is 25.3. The van der Waals surface area contributed by atoms with Crippen molar-refractivity contribution in [1.29, 1.82) is 5.26 Å². The molecule has 2 atom stereocenters. The van der Waals surface area contributed by atoms with Gasteiger partial charge in [0.25, 0.3) is 0 Å². The third-order valence-corrected chi connectivity index (χ3v) is 2.84. The van der Waals surface area contributed by atoms with Crippen LogP contribution in [0.15, 0.2) is 0 Å². The molecular formula is C12H21N3O2. The van der Waals surface area contributed by atoms with Crippen LogP contribution in [0, 0.1) is 11.3 Å². The van der Waals surface area contributed by atoms with E-state index in [9.17, 15) is 4.79 Å². The SMILES string of the molecule is C[C@@H]1CN(CC(=O)N(C)CCC#N)C[C@H](C)O1. The van der Waals surface area contributed by atoms with E-state index < -0.39 is 0 Å². The number of nitriles is 1. The van der Waals surface area contributed by atoms with Crippen molar-refractivity contribution in [2.45, 2.75) is 32.5 Å². The molecule has 96 valence electrons. The van der Waals surface area contributed by atoms with Gasteiger partial charge in [0.15, 0.2) is 0 Å². The van der Waals surface area contributed by atoms with Gasteiger partial charge < -0.3 is 9.64 Å². The Bertz CT molecular complexity index is 291. The Morgan fingerprint density at radius 1 is 1.47 bits per heavy atom. The molecule has 1 saturated heterocycles. The van der Waals surface area contributed by atoms with E-state index in [4.69, 9.17) is 10.00 Å². The van der Waals surface area contributed by atoms with Crippen molar-refractivity contribution < 1.29 is 9.53 Å². The number of ether oxygens (including phenoxy) is 1. The molecule has 0 bridgehead atoms. The molecule has 1 heterocycles. The smallest absolute Gasteiger partial charge is 0.236 e. The number of hydrogen-bond donors (Lipinski definition) is 0. The van der Waals surface area contributed by atoms with Crippen LogP contribution < -0.4 is 0 Å². The molecule has 0 spiro atoms. The van der Waals surface area contributed by atoms with Gasteiger partial charge in [-0.25, -0.2) is 0 Å². The Kier molecular flexibility index (Phi) is 5.39. The van der Waals surface area contributed by atoms with E-state index in [1.54, 1.807) is 11.9 Å². The minimum absolute atomic E-state index is 0.0709. The molecule has 1 rings (SSSR count). The van der Waals surface area contributed by atoms with Gasteiger partial charge in [-0.3, -0.25) is 9.69 Å². The molecule has 0 radical (unpaired) electrons. The van der Waals surface area contributed by atoms with Crippen LogP contribution in [-0.2, 0) is 9.53 Å². The maximum atomic E-state index is 11.9. The Morgan fingerprint density at radius 2 is 2.06 bits per heavy atom. The Balaban J connectivity index is 2.37. The number of carbonyl (C=O) groups excluding carboxylic acids is 1. The summed E-state index contributed by atoms with van der Waals surface area (Å²) in [5.74, 6) is 0.0709. The first-order valence-corrected chi connectivity index (χ1v) is 6.01. The number of carbonyl (C=O) groups is 1. The molecule has 0 aliphatic carbocycles. The van der Waals surface area contributed by atoms with E-state index >= 15 is 0 Å². The fourth-order valence-corrected chi connectivity index (χ4v) is 2.07. The van der Waals surface area contributed by atoms with Crippen LogP contribution in [0.1, 0.15) is 20.3 Å². The topological polar surface area (TPSA) is 56.6 Å². The highest BCUT2D eigenvalue weighted by molar-refractivity contribution is 5.78. The standard InChI is InChI=1S/C12H21N3O2/c1-10-7-15(8-11(2)17-10)9-12(16)14(3)6-4-5-13/h10-11H,4,6-9H2,1-3H3/t10-,11+. The summed E-state index contributed by atoms with van der Waals surface area (Å²) in [7, 11) is 1.74. The molecule has 17 heavy (non-hydrogen) atoms. The maximum absolute atomic E-state index is 11.9. The highest BCUT2D eigenvalue weighted by Gasteiger charge is 2.24. The van der Waals surface area contributed by atoms with Crippen LogP contribution in [-0.4, -0.2) is 61.1 Å². The van der Waals surface area contributed by atoms with Crippen LogP contribution in [0.4, 0.5) is 0 Å². The van der Waals surface area contributed by atoms with Gasteiger partial charge in [-0.1, -0.05) is 0 Å². The molecule has 0 aromatic rings. The predicted octanol–water partition coefficient (Wildman–Crippen LogP) is 0.468. The molecule has 0 N–H and O–H groups in total. The molecule has 0 aromatic heterocycles. The van der Waals surface area contributed by atoms with Crippen molar-refractivity contribution in [2.24, 2.45) is 0 Å². The number of likely N-dealkylation sites (N-methyl/N-ethyl adjacent to an activating group) is 1. The lowest BCUT2D eigenvalue weighted by atomic mass is 10.2. The number of hydrogen-bond acceptors (Lipinski definition) is 4. The number of amides is 1. The van der Waals surface area contributed by atoms with Crippen molar-refractivity contribution in [3.05, 3.63) is 0 Å². The quantitative estimate of drug-likeness (QED) is 0.715. The zero-order chi connectivity index (χ0) is 12.8. The first-order valence-electron chi connectivity index (χ1n) is 6.01. The monoisotopic (exact) mass is 239 g/mol. The van der Waals surface area contributed by atoms with Crippen LogP contribution >= 0.6 is 0 Å². The van der Waals surface area contributed by atoms with Crippen molar-refractivity contribution in [1.82, 2.24) is 9.80 Å².